The number of nitrogen functional groups attached to an aromatic ring is 1. The molecule has 2 N–H and O–H groups in total. The van der Waals surface area contributed by atoms with Gasteiger partial charge in [-0.1, -0.05) is 13.8 Å². The maximum Gasteiger partial charge on any atom is 0.221 e. The second-order valence-corrected chi connectivity index (χ2v) is 5.56. The van der Waals surface area contributed by atoms with Crippen molar-refractivity contribution in [3.8, 4) is 5.88 Å². The van der Waals surface area contributed by atoms with Gasteiger partial charge in [-0.25, -0.2) is 4.98 Å². The largest absolute Gasteiger partial charge is 0.477 e. The van der Waals surface area contributed by atoms with Crippen LogP contribution in [0.2, 0.25) is 0 Å². The van der Waals surface area contributed by atoms with Crippen molar-refractivity contribution in [3.05, 3.63) is 11.4 Å². The lowest BCUT2D eigenvalue weighted by Crippen LogP contribution is -2.08. The van der Waals surface area contributed by atoms with Crippen molar-refractivity contribution < 1.29 is 4.74 Å². The predicted molar refractivity (Wildman–Crippen MR) is 72.7 cm³/mol. The van der Waals surface area contributed by atoms with Crippen molar-refractivity contribution in [2.45, 2.75) is 52.4 Å². The van der Waals surface area contributed by atoms with Crippen LogP contribution in [-0.4, -0.2) is 16.6 Å². The SMILES string of the molecule is Cc1c(N)nc(C2CC2)nc1OCCCC(C)C. The summed E-state index contributed by atoms with van der Waals surface area (Å²) in [5, 5.41) is 0. The molecule has 1 aromatic rings. The Labute approximate surface area is 109 Å². The highest BCUT2D eigenvalue weighted by Gasteiger charge is 2.28. The zero-order valence-electron chi connectivity index (χ0n) is 11.6. The predicted octanol–water partition coefficient (Wildman–Crippen LogP) is 3.06. The summed E-state index contributed by atoms with van der Waals surface area (Å²) in [5.41, 5.74) is 6.77. The minimum absolute atomic E-state index is 0.505. The van der Waals surface area contributed by atoms with Crippen LogP contribution in [0.15, 0.2) is 0 Å². The van der Waals surface area contributed by atoms with Gasteiger partial charge >= 0.3 is 0 Å². The molecule has 1 fully saturated rings. The maximum absolute atomic E-state index is 5.91. The summed E-state index contributed by atoms with van der Waals surface area (Å²) >= 11 is 0. The van der Waals surface area contributed by atoms with Crippen LogP contribution in [0.5, 0.6) is 5.88 Å². The molecule has 0 saturated heterocycles. The molecule has 0 aromatic carbocycles. The Morgan fingerprint density at radius 3 is 2.67 bits per heavy atom. The maximum atomic E-state index is 5.91. The number of aromatic nitrogens is 2. The molecule has 18 heavy (non-hydrogen) atoms. The first-order valence-corrected chi connectivity index (χ1v) is 6.84. The molecule has 100 valence electrons. The highest BCUT2D eigenvalue weighted by molar-refractivity contribution is 5.45. The monoisotopic (exact) mass is 249 g/mol. The van der Waals surface area contributed by atoms with Crippen molar-refractivity contribution in [1.82, 2.24) is 9.97 Å². The first-order valence-electron chi connectivity index (χ1n) is 6.84. The second kappa shape index (κ2) is 5.55. The van der Waals surface area contributed by atoms with Gasteiger partial charge < -0.3 is 10.5 Å². The van der Waals surface area contributed by atoms with Gasteiger partial charge in [-0.3, -0.25) is 0 Å². The number of hydrogen-bond acceptors (Lipinski definition) is 4. The molecule has 4 nitrogen and oxygen atoms in total. The molecule has 2 rings (SSSR count). The van der Waals surface area contributed by atoms with Gasteiger partial charge in [-0.2, -0.15) is 4.98 Å². The molecule has 0 bridgehead atoms. The summed E-state index contributed by atoms with van der Waals surface area (Å²) < 4.78 is 5.76. The van der Waals surface area contributed by atoms with E-state index in [9.17, 15) is 0 Å². The molecule has 1 saturated carbocycles. The van der Waals surface area contributed by atoms with E-state index in [0.29, 0.717) is 30.1 Å². The molecule has 0 aliphatic heterocycles. The number of rotatable bonds is 6. The third-order valence-corrected chi connectivity index (χ3v) is 3.26. The van der Waals surface area contributed by atoms with Crippen molar-refractivity contribution in [1.29, 1.82) is 0 Å². The van der Waals surface area contributed by atoms with Gasteiger partial charge in [0.25, 0.3) is 0 Å². The molecule has 0 spiro atoms. The van der Waals surface area contributed by atoms with E-state index in [0.717, 1.165) is 17.8 Å². The van der Waals surface area contributed by atoms with E-state index in [1.807, 2.05) is 6.92 Å². The lowest BCUT2D eigenvalue weighted by molar-refractivity contribution is 0.284. The van der Waals surface area contributed by atoms with Gasteiger partial charge in [0.1, 0.15) is 11.6 Å². The second-order valence-electron chi connectivity index (χ2n) is 5.56. The fraction of sp³-hybridized carbons (Fsp3) is 0.714. The summed E-state index contributed by atoms with van der Waals surface area (Å²) in [6, 6.07) is 0. The zero-order valence-corrected chi connectivity index (χ0v) is 11.6. The Bertz CT molecular complexity index is 414. The Hall–Kier alpha value is -1.32. The summed E-state index contributed by atoms with van der Waals surface area (Å²) in [6.07, 6.45) is 4.58. The number of nitrogens with two attached hydrogens (primary N) is 1. The quantitative estimate of drug-likeness (QED) is 0.787. The highest BCUT2D eigenvalue weighted by Crippen LogP contribution is 2.39. The molecule has 0 atom stereocenters. The van der Waals surface area contributed by atoms with E-state index in [-0.39, 0.29) is 0 Å². The van der Waals surface area contributed by atoms with Crippen LogP contribution in [0.4, 0.5) is 5.82 Å². The Kier molecular flexibility index (Phi) is 4.04. The van der Waals surface area contributed by atoms with Crippen LogP contribution in [0.3, 0.4) is 0 Å². The van der Waals surface area contributed by atoms with Gasteiger partial charge in [0.15, 0.2) is 0 Å². The lowest BCUT2D eigenvalue weighted by Gasteiger charge is -2.11. The molecule has 0 unspecified atom stereocenters. The topological polar surface area (TPSA) is 61.0 Å². The molecule has 1 aliphatic carbocycles. The molecular weight excluding hydrogens is 226 g/mol. The summed E-state index contributed by atoms with van der Waals surface area (Å²) in [4.78, 5) is 8.84. The minimum Gasteiger partial charge on any atom is -0.477 e. The Morgan fingerprint density at radius 1 is 1.33 bits per heavy atom. The number of anilines is 1. The van der Waals surface area contributed by atoms with Crippen LogP contribution in [0.25, 0.3) is 0 Å². The van der Waals surface area contributed by atoms with Crippen LogP contribution < -0.4 is 10.5 Å². The molecule has 0 radical (unpaired) electrons. The van der Waals surface area contributed by atoms with Crippen molar-refractivity contribution >= 4 is 5.82 Å². The van der Waals surface area contributed by atoms with Gasteiger partial charge in [0.05, 0.1) is 12.2 Å². The number of hydrogen-bond donors (Lipinski definition) is 1. The average Bonchev–Trinajstić information content (AvgIpc) is 3.13. The summed E-state index contributed by atoms with van der Waals surface area (Å²) in [6.45, 7) is 7.07. The van der Waals surface area contributed by atoms with E-state index < -0.39 is 0 Å². The van der Waals surface area contributed by atoms with Gasteiger partial charge in [0.2, 0.25) is 5.88 Å². The van der Waals surface area contributed by atoms with E-state index in [2.05, 4.69) is 23.8 Å². The van der Waals surface area contributed by atoms with Crippen molar-refractivity contribution in [2.75, 3.05) is 12.3 Å². The number of ether oxygens (including phenoxy) is 1. The van der Waals surface area contributed by atoms with Crippen LogP contribution >= 0.6 is 0 Å². The molecular formula is C14H23N3O. The first kappa shape index (κ1) is 13.1. The fourth-order valence-corrected chi connectivity index (χ4v) is 1.85. The molecule has 1 heterocycles. The van der Waals surface area contributed by atoms with E-state index in [1.54, 1.807) is 0 Å². The third kappa shape index (κ3) is 3.34. The standard InChI is InChI=1S/C14H23N3O/c1-9(2)5-4-8-18-14-10(3)12(15)16-13(17-14)11-6-7-11/h9,11H,4-8H2,1-3H3,(H2,15,16,17). The molecule has 1 aliphatic rings. The third-order valence-electron chi connectivity index (χ3n) is 3.26. The van der Waals surface area contributed by atoms with E-state index in [4.69, 9.17) is 10.5 Å². The Balaban J connectivity index is 1.97. The summed E-state index contributed by atoms with van der Waals surface area (Å²) in [5.74, 6) is 3.31. The summed E-state index contributed by atoms with van der Waals surface area (Å²) in [7, 11) is 0. The fourth-order valence-electron chi connectivity index (χ4n) is 1.85. The van der Waals surface area contributed by atoms with Gasteiger partial charge in [0, 0.05) is 5.92 Å². The first-order chi connectivity index (χ1) is 8.58. The highest BCUT2D eigenvalue weighted by atomic mass is 16.5. The van der Waals surface area contributed by atoms with Crippen LogP contribution in [0, 0.1) is 12.8 Å². The van der Waals surface area contributed by atoms with E-state index >= 15 is 0 Å². The lowest BCUT2D eigenvalue weighted by atomic mass is 10.1. The smallest absolute Gasteiger partial charge is 0.221 e. The molecule has 0 amide bonds. The number of nitrogens with zero attached hydrogens (tertiary/aromatic N) is 2. The zero-order chi connectivity index (χ0) is 13.1. The van der Waals surface area contributed by atoms with Crippen LogP contribution in [0.1, 0.15) is 56.8 Å². The van der Waals surface area contributed by atoms with E-state index in [1.165, 1.54) is 19.3 Å². The average molecular weight is 249 g/mol. The van der Waals surface area contributed by atoms with Crippen molar-refractivity contribution in [2.24, 2.45) is 5.92 Å². The van der Waals surface area contributed by atoms with Crippen LogP contribution in [-0.2, 0) is 0 Å². The van der Waals surface area contributed by atoms with Gasteiger partial charge in [-0.15, -0.1) is 0 Å². The van der Waals surface area contributed by atoms with Crippen molar-refractivity contribution in [3.63, 3.8) is 0 Å². The minimum atomic E-state index is 0.505. The molecule has 1 aromatic heterocycles. The molecule has 4 heteroatoms. The van der Waals surface area contributed by atoms with Gasteiger partial charge in [-0.05, 0) is 38.5 Å². The normalized spacial score (nSPS) is 15.1. The Morgan fingerprint density at radius 2 is 2.06 bits per heavy atom.